The van der Waals surface area contributed by atoms with E-state index in [2.05, 4.69) is 0 Å². The molecule has 0 bridgehead atoms. The molecule has 0 aliphatic carbocycles. The third kappa shape index (κ3) is 3.66. The molecule has 2 rings (SSSR count). The molecule has 1 unspecified atom stereocenters. The van der Waals surface area contributed by atoms with Gasteiger partial charge in [0, 0.05) is 22.5 Å². The molecule has 19 heavy (non-hydrogen) atoms. The Morgan fingerprint density at radius 1 is 1.00 bits per heavy atom. The minimum Gasteiger partial charge on any atom is -0.388 e. The first-order chi connectivity index (χ1) is 8.95. The van der Waals surface area contributed by atoms with Gasteiger partial charge in [0.2, 0.25) is 0 Å². The van der Waals surface area contributed by atoms with Gasteiger partial charge in [0.15, 0.2) is 0 Å². The van der Waals surface area contributed by atoms with Crippen molar-refractivity contribution in [3.63, 3.8) is 0 Å². The van der Waals surface area contributed by atoms with Crippen LogP contribution < -0.4 is 0 Å². The maximum absolute atomic E-state index is 13.5. The van der Waals surface area contributed by atoms with Crippen LogP contribution in [-0.2, 0) is 6.42 Å². The summed E-state index contributed by atoms with van der Waals surface area (Å²) in [4.78, 5) is 0. The molecule has 0 amide bonds. The molecule has 1 atom stereocenters. The van der Waals surface area contributed by atoms with Crippen molar-refractivity contribution >= 4 is 23.2 Å². The Morgan fingerprint density at radius 3 is 2.21 bits per heavy atom. The number of hydrogen-bond acceptors (Lipinski definition) is 1. The van der Waals surface area contributed by atoms with Crippen molar-refractivity contribution in [2.75, 3.05) is 0 Å². The van der Waals surface area contributed by atoms with E-state index in [0.29, 0.717) is 15.6 Å². The van der Waals surface area contributed by atoms with Gasteiger partial charge >= 0.3 is 0 Å². The average molecular weight is 303 g/mol. The summed E-state index contributed by atoms with van der Waals surface area (Å²) in [5.74, 6) is -1.34. The number of aliphatic hydroxyl groups is 1. The van der Waals surface area contributed by atoms with Crippen LogP contribution in [0.3, 0.4) is 0 Å². The third-order valence-corrected chi connectivity index (χ3v) is 3.13. The predicted molar refractivity (Wildman–Crippen MR) is 71.5 cm³/mol. The van der Waals surface area contributed by atoms with E-state index in [1.54, 1.807) is 12.1 Å². The molecule has 1 nitrogen and oxygen atoms in total. The number of rotatable bonds is 3. The highest BCUT2D eigenvalue weighted by Crippen LogP contribution is 2.26. The molecule has 1 N–H and O–H groups in total. The summed E-state index contributed by atoms with van der Waals surface area (Å²) in [6, 6.07) is 7.89. The Hall–Kier alpha value is -1.16. The molecule has 0 radical (unpaired) electrons. The Bertz CT molecular complexity index is 582. The first-order valence-electron chi connectivity index (χ1n) is 5.53. The topological polar surface area (TPSA) is 20.2 Å². The second-order valence-corrected chi connectivity index (χ2v) is 5.03. The van der Waals surface area contributed by atoms with Crippen molar-refractivity contribution < 1.29 is 13.9 Å². The van der Waals surface area contributed by atoms with Crippen molar-refractivity contribution in [1.82, 2.24) is 0 Å². The maximum Gasteiger partial charge on any atom is 0.129 e. The second-order valence-electron chi connectivity index (χ2n) is 4.16. The lowest BCUT2D eigenvalue weighted by Crippen LogP contribution is -2.04. The van der Waals surface area contributed by atoms with E-state index in [-0.39, 0.29) is 12.0 Å². The van der Waals surface area contributed by atoms with Crippen LogP contribution in [0.5, 0.6) is 0 Å². The fourth-order valence-electron chi connectivity index (χ4n) is 1.78. The summed E-state index contributed by atoms with van der Waals surface area (Å²) in [5, 5.41) is 10.8. The molecule has 0 saturated carbocycles. The van der Waals surface area contributed by atoms with E-state index < -0.39 is 17.7 Å². The largest absolute Gasteiger partial charge is 0.388 e. The van der Waals surface area contributed by atoms with Crippen LogP contribution in [0.15, 0.2) is 36.4 Å². The summed E-state index contributed by atoms with van der Waals surface area (Å²) >= 11 is 11.7. The van der Waals surface area contributed by atoms with Crippen LogP contribution in [-0.4, -0.2) is 5.11 Å². The van der Waals surface area contributed by atoms with E-state index in [1.165, 1.54) is 12.1 Å². The van der Waals surface area contributed by atoms with Crippen molar-refractivity contribution in [2.45, 2.75) is 12.5 Å². The molecule has 0 aliphatic heterocycles. The minimum atomic E-state index is -0.962. The third-order valence-electron chi connectivity index (χ3n) is 2.70. The molecule has 2 aromatic carbocycles. The predicted octanol–water partition coefficient (Wildman–Crippen LogP) is 4.55. The fraction of sp³-hybridized carbons (Fsp3) is 0.143. The molecule has 0 saturated heterocycles. The van der Waals surface area contributed by atoms with Gasteiger partial charge in [-0.3, -0.25) is 0 Å². The quantitative estimate of drug-likeness (QED) is 0.882. The van der Waals surface area contributed by atoms with E-state index in [1.807, 2.05) is 0 Å². The molecular weight excluding hydrogens is 293 g/mol. The second kappa shape index (κ2) is 5.87. The van der Waals surface area contributed by atoms with Crippen LogP contribution in [0.25, 0.3) is 0 Å². The van der Waals surface area contributed by atoms with Crippen LogP contribution in [0, 0.1) is 11.6 Å². The van der Waals surface area contributed by atoms with Gasteiger partial charge in [-0.05, 0) is 35.4 Å². The van der Waals surface area contributed by atoms with Gasteiger partial charge in [-0.2, -0.15) is 0 Å². The van der Waals surface area contributed by atoms with Gasteiger partial charge in [-0.15, -0.1) is 0 Å². The lowest BCUT2D eigenvalue weighted by atomic mass is 10.0. The van der Waals surface area contributed by atoms with Crippen molar-refractivity contribution in [3.8, 4) is 0 Å². The molecule has 0 aromatic heterocycles. The van der Waals surface area contributed by atoms with E-state index in [0.717, 1.165) is 12.1 Å². The number of hydrogen-bond donors (Lipinski definition) is 1. The Kier molecular flexibility index (Phi) is 4.40. The van der Waals surface area contributed by atoms with Crippen LogP contribution >= 0.6 is 23.2 Å². The standard InChI is InChI=1S/C14H10Cl2F2O/c15-10-3-9(4-11(16)6-10)14(19)5-8-1-2-12(17)7-13(8)18/h1-4,6-7,14,19H,5H2. The van der Waals surface area contributed by atoms with Crippen molar-refractivity contribution in [3.05, 3.63) is 69.2 Å². The van der Waals surface area contributed by atoms with Crippen molar-refractivity contribution in [1.29, 1.82) is 0 Å². The van der Waals surface area contributed by atoms with Crippen LogP contribution in [0.4, 0.5) is 8.78 Å². The zero-order valence-electron chi connectivity index (χ0n) is 9.71. The Balaban J connectivity index is 2.22. The van der Waals surface area contributed by atoms with Gasteiger partial charge in [0.1, 0.15) is 11.6 Å². The summed E-state index contributed by atoms with van der Waals surface area (Å²) in [6.07, 6.45) is -0.945. The number of aliphatic hydroxyl groups excluding tert-OH is 1. The normalized spacial score (nSPS) is 12.5. The smallest absolute Gasteiger partial charge is 0.129 e. The highest BCUT2D eigenvalue weighted by molar-refractivity contribution is 6.34. The highest BCUT2D eigenvalue weighted by Gasteiger charge is 2.13. The average Bonchev–Trinajstić information content (AvgIpc) is 2.31. The zero-order valence-corrected chi connectivity index (χ0v) is 11.2. The summed E-state index contributed by atoms with van der Waals surface area (Å²) < 4.78 is 26.3. The lowest BCUT2D eigenvalue weighted by molar-refractivity contribution is 0.177. The van der Waals surface area contributed by atoms with E-state index >= 15 is 0 Å². The first kappa shape index (κ1) is 14.3. The highest BCUT2D eigenvalue weighted by atomic mass is 35.5. The van der Waals surface area contributed by atoms with Gasteiger partial charge in [0.25, 0.3) is 0 Å². The minimum absolute atomic E-state index is 0.0167. The van der Waals surface area contributed by atoms with Gasteiger partial charge in [-0.1, -0.05) is 29.3 Å². The van der Waals surface area contributed by atoms with E-state index in [4.69, 9.17) is 23.2 Å². The molecule has 2 aromatic rings. The van der Waals surface area contributed by atoms with Gasteiger partial charge < -0.3 is 5.11 Å². The number of benzene rings is 2. The van der Waals surface area contributed by atoms with Gasteiger partial charge in [-0.25, -0.2) is 8.78 Å². The maximum atomic E-state index is 13.5. The summed E-state index contributed by atoms with van der Waals surface area (Å²) in [5.41, 5.74) is 0.714. The molecule has 100 valence electrons. The van der Waals surface area contributed by atoms with Crippen LogP contribution in [0.1, 0.15) is 17.2 Å². The van der Waals surface area contributed by atoms with Crippen molar-refractivity contribution in [2.24, 2.45) is 0 Å². The summed E-state index contributed by atoms with van der Waals surface area (Å²) in [7, 11) is 0. The molecule has 0 fully saturated rings. The SMILES string of the molecule is OC(Cc1ccc(F)cc1F)c1cc(Cl)cc(Cl)c1. The molecule has 0 heterocycles. The van der Waals surface area contributed by atoms with Gasteiger partial charge in [0.05, 0.1) is 6.10 Å². The van der Waals surface area contributed by atoms with Crippen LogP contribution in [0.2, 0.25) is 10.0 Å². The monoisotopic (exact) mass is 302 g/mol. The molecular formula is C14H10Cl2F2O. The lowest BCUT2D eigenvalue weighted by Gasteiger charge is -2.12. The molecule has 5 heteroatoms. The molecule has 0 spiro atoms. The Labute approximate surface area is 119 Å². The molecule has 0 aliphatic rings. The zero-order chi connectivity index (χ0) is 14.0. The summed E-state index contributed by atoms with van der Waals surface area (Å²) in [6.45, 7) is 0. The fourth-order valence-corrected chi connectivity index (χ4v) is 2.32. The van der Waals surface area contributed by atoms with E-state index in [9.17, 15) is 13.9 Å². The Morgan fingerprint density at radius 2 is 1.63 bits per heavy atom. The first-order valence-corrected chi connectivity index (χ1v) is 6.29. The number of halogens is 4.